The molecule has 6 heteroatoms. The molecular weight excluding hydrogens is 269 g/mol. The standard InChI is InChI=1S/C14H15F3N2O/c1-2-19-8-4-6-12(19)10-18-11-5-3-7-13(9-11)20-14(15,16)17/h3-9,18H,2,10H2,1H3. The molecular formula is C14H15F3N2O. The normalized spacial score (nSPS) is 11.4. The molecule has 0 spiro atoms. The molecule has 3 nitrogen and oxygen atoms in total. The van der Waals surface area contributed by atoms with Gasteiger partial charge in [0.15, 0.2) is 0 Å². The molecule has 0 aliphatic carbocycles. The molecule has 0 unspecified atom stereocenters. The Morgan fingerprint density at radius 3 is 2.70 bits per heavy atom. The molecule has 0 bridgehead atoms. The van der Waals surface area contributed by atoms with Gasteiger partial charge in [-0.1, -0.05) is 6.07 Å². The Kier molecular flexibility index (Phi) is 4.22. The molecule has 20 heavy (non-hydrogen) atoms. The minimum atomic E-state index is -4.67. The summed E-state index contributed by atoms with van der Waals surface area (Å²) in [7, 11) is 0. The van der Waals surface area contributed by atoms with Gasteiger partial charge in [0, 0.05) is 30.2 Å². The summed E-state index contributed by atoms with van der Waals surface area (Å²) in [5, 5.41) is 3.08. The average molecular weight is 284 g/mol. The lowest BCUT2D eigenvalue weighted by atomic mass is 10.3. The molecule has 0 aliphatic heterocycles. The quantitative estimate of drug-likeness (QED) is 0.897. The summed E-state index contributed by atoms with van der Waals surface area (Å²) in [6.07, 6.45) is -2.71. The van der Waals surface area contributed by atoms with Crippen LogP contribution in [0.4, 0.5) is 18.9 Å². The Balaban J connectivity index is 2.01. The Labute approximate surface area is 115 Å². The van der Waals surface area contributed by atoms with Gasteiger partial charge in [-0.15, -0.1) is 13.2 Å². The lowest BCUT2D eigenvalue weighted by Gasteiger charge is -2.12. The number of halogens is 3. The van der Waals surface area contributed by atoms with E-state index >= 15 is 0 Å². The summed E-state index contributed by atoms with van der Waals surface area (Å²) in [4.78, 5) is 0. The van der Waals surface area contributed by atoms with E-state index in [2.05, 4.69) is 14.6 Å². The van der Waals surface area contributed by atoms with E-state index in [0.29, 0.717) is 12.2 Å². The lowest BCUT2D eigenvalue weighted by Crippen LogP contribution is -2.17. The smallest absolute Gasteiger partial charge is 0.406 e. The second-order valence-corrected chi connectivity index (χ2v) is 4.21. The Morgan fingerprint density at radius 1 is 1.20 bits per heavy atom. The van der Waals surface area contributed by atoms with Gasteiger partial charge in [0.25, 0.3) is 0 Å². The fraction of sp³-hybridized carbons (Fsp3) is 0.286. The lowest BCUT2D eigenvalue weighted by molar-refractivity contribution is -0.274. The van der Waals surface area contributed by atoms with E-state index in [9.17, 15) is 13.2 Å². The Morgan fingerprint density at radius 2 is 2.00 bits per heavy atom. The van der Waals surface area contributed by atoms with Gasteiger partial charge < -0.3 is 14.6 Å². The molecule has 0 saturated heterocycles. The molecule has 2 rings (SSSR count). The number of hydrogen-bond acceptors (Lipinski definition) is 2. The predicted octanol–water partition coefficient (Wildman–Crippen LogP) is 4.02. The van der Waals surface area contributed by atoms with E-state index in [1.54, 1.807) is 6.07 Å². The molecule has 0 radical (unpaired) electrons. The predicted molar refractivity (Wildman–Crippen MR) is 70.6 cm³/mol. The van der Waals surface area contributed by atoms with Crippen molar-refractivity contribution in [3.05, 3.63) is 48.3 Å². The highest BCUT2D eigenvalue weighted by Gasteiger charge is 2.31. The molecule has 1 aromatic heterocycles. The Bertz CT molecular complexity index is 564. The molecule has 0 aliphatic rings. The summed E-state index contributed by atoms with van der Waals surface area (Å²) in [5.41, 5.74) is 1.64. The zero-order valence-electron chi connectivity index (χ0n) is 10.9. The number of ether oxygens (including phenoxy) is 1. The zero-order chi connectivity index (χ0) is 14.6. The molecule has 0 saturated carbocycles. The third-order valence-corrected chi connectivity index (χ3v) is 2.81. The van der Waals surface area contributed by atoms with Gasteiger partial charge in [-0.2, -0.15) is 0 Å². The number of aromatic nitrogens is 1. The summed E-state index contributed by atoms with van der Waals surface area (Å²) in [5.74, 6) is -0.228. The van der Waals surface area contributed by atoms with Crippen molar-refractivity contribution in [2.45, 2.75) is 26.4 Å². The Hall–Kier alpha value is -2.11. The first-order valence-corrected chi connectivity index (χ1v) is 6.21. The number of nitrogens with zero attached hydrogens (tertiary/aromatic N) is 1. The third kappa shape index (κ3) is 3.94. The highest BCUT2D eigenvalue weighted by atomic mass is 19.4. The number of hydrogen-bond donors (Lipinski definition) is 1. The number of benzene rings is 1. The van der Waals surface area contributed by atoms with Crippen LogP contribution in [0.25, 0.3) is 0 Å². The number of nitrogens with one attached hydrogen (secondary N) is 1. The van der Waals surface area contributed by atoms with Gasteiger partial charge in [-0.05, 0) is 31.2 Å². The van der Waals surface area contributed by atoms with Crippen molar-refractivity contribution < 1.29 is 17.9 Å². The van der Waals surface area contributed by atoms with Crippen molar-refractivity contribution in [3.63, 3.8) is 0 Å². The maximum atomic E-state index is 12.1. The van der Waals surface area contributed by atoms with Crippen molar-refractivity contribution in [3.8, 4) is 5.75 Å². The first-order chi connectivity index (χ1) is 9.48. The zero-order valence-corrected chi connectivity index (χ0v) is 10.9. The van der Waals surface area contributed by atoms with Crippen LogP contribution in [0.3, 0.4) is 0 Å². The molecule has 0 fully saturated rings. The van der Waals surface area contributed by atoms with Gasteiger partial charge in [0.2, 0.25) is 0 Å². The monoisotopic (exact) mass is 284 g/mol. The fourth-order valence-corrected chi connectivity index (χ4v) is 1.91. The minimum absolute atomic E-state index is 0.228. The van der Waals surface area contributed by atoms with Crippen molar-refractivity contribution in [1.29, 1.82) is 0 Å². The second-order valence-electron chi connectivity index (χ2n) is 4.21. The van der Waals surface area contributed by atoms with Crippen LogP contribution in [-0.2, 0) is 13.1 Å². The third-order valence-electron chi connectivity index (χ3n) is 2.81. The first-order valence-electron chi connectivity index (χ1n) is 6.21. The van der Waals surface area contributed by atoms with Gasteiger partial charge >= 0.3 is 6.36 Å². The minimum Gasteiger partial charge on any atom is -0.406 e. The average Bonchev–Trinajstić information content (AvgIpc) is 2.82. The van der Waals surface area contributed by atoms with E-state index in [1.807, 2.05) is 25.3 Å². The molecule has 2 aromatic rings. The van der Waals surface area contributed by atoms with Gasteiger partial charge in [-0.3, -0.25) is 0 Å². The van der Waals surface area contributed by atoms with Crippen LogP contribution in [0.1, 0.15) is 12.6 Å². The summed E-state index contributed by atoms with van der Waals surface area (Å²) >= 11 is 0. The van der Waals surface area contributed by atoms with E-state index in [1.165, 1.54) is 18.2 Å². The highest BCUT2D eigenvalue weighted by Crippen LogP contribution is 2.25. The van der Waals surface area contributed by atoms with Crippen molar-refractivity contribution in [2.24, 2.45) is 0 Å². The van der Waals surface area contributed by atoms with Crippen molar-refractivity contribution in [2.75, 3.05) is 5.32 Å². The van der Waals surface area contributed by atoms with Crippen LogP contribution >= 0.6 is 0 Å². The van der Waals surface area contributed by atoms with E-state index < -0.39 is 6.36 Å². The van der Waals surface area contributed by atoms with E-state index in [0.717, 1.165) is 12.2 Å². The van der Waals surface area contributed by atoms with E-state index in [4.69, 9.17) is 0 Å². The van der Waals surface area contributed by atoms with Gasteiger partial charge in [0.05, 0.1) is 6.54 Å². The molecule has 1 N–H and O–H groups in total. The van der Waals surface area contributed by atoms with Crippen LogP contribution in [-0.4, -0.2) is 10.9 Å². The van der Waals surface area contributed by atoms with Crippen LogP contribution in [0, 0.1) is 0 Å². The van der Waals surface area contributed by atoms with Gasteiger partial charge in [-0.25, -0.2) is 0 Å². The maximum Gasteiger partial charge on any atom is 0.573 e. The van der Waals surface area contributed by atoms with Crippen LogP contribution in [0.2, 0.25) is 0 Å². The number of anilines is 1. The van der Waals surface area contributed by atoms with Crippen molar-refractivity contribution in [1.82, 2.24) is 4.57 Å². The fourth-order valence-electron chi connectivity index (χ4n) is 1.91. The molecule has 1 aromatic carbocycles. The first kappa shape index (κ1) is 14.3. The number of aryl methyl sites for hydroxylation is 1. The highest BCUT2D eigenvalue weighted by molar-refractivity contribution is 5.48. The van der Waals surface area contributed by atoms with Crippen LogP contribution in [0.15, 0.2) is 42.6 Å². The molecule has 108 valence electrons. The van der Waals surface area contributed by atoms with Crippen LogP contribution in [0.5, 0.6) is 5.75 Å². The molecule has 1 heterocycles. The second kappa shape index (κ2) is 5.90. The van der Waals surface area contributed by atoms with Crippen LogP contribution < -0.4 is 10.1 Å². The topological polar surface area (TPSA) is 26.2 Å². The summed E-state index contributed by atoms with van der Waals surface area (Å²) in [6.45, 7) is 3.42. The largest absolute Gasteiger partial charge is 0.573 e. The summed E-state index contributed by atoms with van der Waals surface area (Å²) in [6, 6.07) is 9.71. The SMILES string of the molecule is CCn1cccc1CNc1cccc(OC(F)(F)F)c1. The van der Waals surface area contributed by atoms with Crippen molar-refractivity contribution >= 4 is 5.69 Å². The number of rotatable bonds is 5. The maximum absolute atomic E-state index is 12.1. The summed E-state index contributed by atoms with van der Waals surface area (Å²) < 4.78 is 42.3. The molecule has 0 amide bonds. The molecule has 0 atom stereocenters. The van der Waals surface area contributed by atoms with E-state index in [-0.39, 0.29) is 5.75 Å². The van der Waals surface area contributed by atoms with Gasteiger partial charge in [0.1, 0.15) is 5.75 Å². The number of alkyl halides is 3.